The van der Waals surface area contributed by atoms with Crippen LogP contribution in [0.3, 0.4) is 0 Å². The van der Waals surface area contributed by atoms with E-state index in [1.54, 1.807) is 29.2 Å². The Morgan fingerprint density at radius 3 is 2.86 bits per heavy atom. The van der Waals surface area contributed by atoms with E-state index in [2.05, 4.69) is 11.9 Å². The van der Waals surface area contributed by atoms with Crippen LogP contribution < -0.4 is 11.1 Å². The normalized spacial score (nSPS) is 15.3. The van der Waals surface area contributed by atoms with Crippen LogP contribution >= 0.6 is 0 Å². The fourth-order valence-corrected chi connectivity index (χ4v) is 2.55. The Bertz CT molecular complexity index is 738. The molecule has 21 heavy (non-hydrogen) atoms. The van der Waals surface area contributed by atoms with Crippen LogP contribution in [0.5, 0.6) is 0 Å². The van der Waals surface area contributed by atoms with E-state index in [4.69, 9.17) is 4.42 Å². The van der Waals surface area contributed by atoms with Crippen molar-refractivity contribution in [1.82, 2.24) is 14.8 Å². The van der Waals surface area contributed by atoms with Gasteiger partial charge in [-0.1, -0.05) is 6.08 Å². The number of nitrogens with zero attached hydrogens (tertiary/aromatic N) is 2. The average Bonchev–Trinajstić information content (AvgIpc) is 2.83. The highest BCUT2D eigenvalue weighted by molar-refractivity contribution is 5.97. The minimum Gasteiger partial charge on any atom is -0.408 e. The zero-order chi connectivity index (χ0) is 14.8. The molecular formula is C15H17N3O3. The summed E-state index contributed by atoms with van der Waals surface area (Å²) in [6.07, 6.45) is 1.64. The standard InChI is InChI=1S/C15H17N3O3/c1-2-7-18-12-4-3-11(10-13(12)21-15(18)20)14(19)17-8-5-16-6-9-17/h2-4,10,16H,1,5-9H2. The Hall–Kier alpha value is -2.34. The molecule has 3 rings (SSSR count). The molecule has 6 nitrogen and oxygen atoms in total. The fourth-order valence-electron chi connectivity index (χ4n) is 2.55. The van der Waals surface area contributed by atoms with Gasteiger partial charge in [-0.25, -0.2) is 4.79 Å². The number of rotatable bonds is 3. The lowest BCUT2D eigenvalue weighted by molar-refractivity contribution is 0.0736. The predicted octanol–water partition coefficient (Wildman–Crippen LogP) is 0.826. The summed E-state index contributed by atoms with van der Waals surface area (Å²) in [5, 5.41) is 3.21. The Kier molecular flexibility index (Phi) is 3.62. The molecule has 1 fully saturated rings. The molecule has 1 aromatic heterocycles. The van der Waals surface area contributed by atoms with Gasteiger partial charge in [-0.05, 0) is 18.2 Å². The molecule has 1 amide bonds. The number of nitrogens with one attached hydrogen (secondary N) is 1. The van der Waals surface area contributed by atoms with E-state index in [0.29, 0.717) is 36.3 Å². The topological polar surface area (TPSA) is 67.5 Å². The van der Waals surface area contributed by atoms with Gasteiger partial charge in [-0.3, -0.25) is 9.36 Å². The Labute approximate surface area is 121 Å². The smallest absolute Gasteiger partial charge is 0.408 e. The monoisotopic (exact) mass is 287 g/mol. The highest BCUT2D eigenvalue weighted by Crippen LogP contribution is 2.17. The van der Waals surface area contributed by atoms with Crippen LogP contribution in [-0.4, -0.2) is 41.6 Å². The SMILES string of the molecule is C=CCn1c(=O)oc2cc(C(=O)N3CCNCC3)ccc21. The third-order valence-electron chi connectivity index (χ3n) is 3.63. The summed E-state index contributed by atoms with van der Waals surface area (Å²) >= 11 is 0. The Morgan fingerprint density at radius 1 is 1.38 bits per heavy atom. The third kappa shape index (κ3) is 2.50. The van der Waals surface area contributed by atoms with Crippen molar-refractivity contribution in [3.63, 3.8) is 0 Å². The van der Waals surface area contributed by atoms with E-state index in [-0.39, 0.29) is 5.91 Å². The molecule has 1 saturated heterocycles. The molecule has 6 heteroatoms. The van der Waals surface area contributed by atoms with Crippen molar-refractivity contribution in [1.29, 1.82) is 0 Å². The van der Waals surface area contributed by atoms with Gasteiger partial charge < -0.3 is 14.6 Å². The second-order valence-corrected chi connectivity index (χ2v) is 4.99. The number of amides is 1. The molecule has 0 saturated carbocycles. The Morgan fingerprint density at radius 2 is 2.14 bits per heavy atom. The summed E-state index contributed by atoms with van der Waals surface area (Å²) in [6, 6.07) is 5.13. The average molecular weight is 287 g/mol. The number of allylic oxidation sites excluding steroid dienone is 1. The van der Waals surface area contributed by atoms with Crippen LogP contribution in [-0.2, 0) is 6.54 Å². The summed E-state index contributed by atoms with van der Waals surface area (Å²) in [7, 11) is 0. The van der Waals surface area contributed by atoms with E-state index in [0.717, 1.165) is 13.1 Å². The fraction of sp³-hybridized carbons (Fsp3) is 0.333. The molecule has 1 N–H and O–H groups in total. The minimum atomic E-state index is -0.434. The van der Waals surface area contributed by atoms with Crippen molar-refractivity contribution >= 4 is 17.0 Å². The molecule has 0 bridgehead atoms. The first-order valence-corrected chi connectivity index (χ1v) is 6.95. The lowest BCUT2D eigenvalue weighted by atomic mass is 10.1. The van der Waals surface area contributed by atoms with Gasteiger partial charge in [0, 0.05) is 38.3 Å². The number of carbonyl (C=O) groups excluding carboxylic acids is 1. The first-order valence-electron chi connectivity index (χ1n) is 6.95. The molecule has 0 radical (unpaired) electrons. The number of carbonyl (C=O) groups is 1. The summed E-state index contributed by atoms with van der Waals surface area (Å²) in [5.41, 5.74) is 1.66. The zero-order valence-electron chi connectivity index (χ0n) is 11.7. The number of piperazine rings is 1. The minimum absolute atomic E-state index is 0.0301. The summed E-state index contributed by atoms with van der Waals surface area (Å²) in [5.74, 6) is -0.464. The number of hydrogen-bond donors (Lipinski definition) is 1. The molecule has 110 valence electrons. The summed E-state index contributed by atoms with van der Waals surface area (Å²) in [4.78, 5) is 26.0. The van der Waals surface area contributed by atoms with Gasteiger partial charge in [0.15, 0.2) is 5.58 Å². The molecular weight excluding hydrogens is 270 g/mol. The lowest BCUT2D eigenvalue weighted by Gasteiger charge is -2.27. The van der Waals surface area contributed by atoms with Crippen LogP contribution in [0.1, 0.15) is 10.4 Å². The second-order valence-electron chi connectivity index (χ2n) is 4.99. The van der Waals surface area contributed by atoms with Crippen molar-refractivity contribution in [3.8, 4) is 0 Å². The first kappa shape index (κ1) is 13.6. The number of fused-ring (bicyclic) bond motifs is 1. The highest BCUT2D eigenvalue weighted by Gasteiger charge is 2.19. The van der Waals surface area contributed by atoms with E-state index in [9.17, 15) is 9.59 Å². The molecule has 0 aliphatic carbocycles. The predicted molar refractivity (Wildman–Crippen MR) is 79.4 cm³/mol. The summed E-state index contributed by atoms with van der Waals surface area (Å²) < 4.78 is 6.69. The van der Waals surface area contributed by atoms with E-state index in [1.807, 2.05) is 0 Å². The van der Waals surface area contributed by atoms with Gasteiger partial charge in [0.25, 0.3) is 5.91 Å². The maximum atomic E-state index is 12.4. The van der Waals surface area contributed by atoms with Crippen molar-refractivity contribution in [2.24, 2.45) is 0 Å². The van der Waals surface area contributed by atoms with Crippen molar-refractivity contribution in [2.75, 3.05) is 26.2 Å². The first-order chi connectivity index (χ1) is 10.2. The Balaban J connectivity index is 1.95. The number of aromatic nitrogens is 1. The lowest BCUT2D eigenvalue weighted by Crippen LogP contribution is -2.46. The van der Waals surface area contributed by atoms with Gasteiger partial charge in [-0.15, -0.1) is 6.58 Å². The van der Waals surface area contributed by atoms with E-state index in [1.165, 1.54) is 4.57 Å². The van der Waals surface area contributed by atoms with Crippen LogP contribution in [0.25, 0.3) is 11.1 Å². The van der Waals surface area contributed by atoms with Crippen LogP contribution in [0.15, 0.2) is 40.1 Å². The van der Waals surface area contributed by atoms with Gasteiger partial charge in [0.05, 0.1) is 5.52 Å². The molecule has 0 spiro atoms. The number of benzene rings is 1. The largest absolute Gasteiger partial charge is 0.420 e. The molecule has 0 unspecified atom stereocenters. The van der Waals surface area contributed by atoms with Gasteiger partial charge >= 0.3 is 5.76 Å². The maximum Gasteiger partial charge on any atom is 0.420 e. The number of oxazole rings is 1. The van der Waals surface area contributed by atoms with Gasteiger partial charge in [-0.2, -0.15) is 0 Å². The molecule has 0 atom stereocenters. The van der Waals surface area contributed by atoms with Crippen molar-refractivity contribution in [3.05, 3.63) is 47.0 Å². The van der Waals surface area contributed by atoms with Gasteiger partial charge in [0.2, 0.25) is 0 Å². The zero-order valence-corrected chi connectivity index (χ0v) is 11.7. The molecule has 2 aromatic rings. The highest BCUT2D eigenvalue weighted by atomic mass is 16.4. The summed E-state index contributed by atoms with van der Waals surface area (Å²) in [6.45, 7) is 7.00. The second kappa shape index (κ2) is 5.57. The van der Waals surface area contributed by atoms with Crippen molar-refractivity contribution < 1.29 is 9.21 Å². The molecule has 1 aliphatic rings. The van der Waals surface area contributed by atoms with Crippen LogP contribution in [0.2, 0.25) is 0 Å². The maximum absolute atomic E-state index is 12.4. The number of hydrogen-bond acceptors (Lipinski definition) is 4. The quantitative estimate of drug-likeness (QED) is 0.849. The van der Waals surface area contributed by atoms with E-state index < -0.39 is 5.76 Å². The molecule has 2 heterocycles. The van der Waals surface area contributed by atoms with Crippen LogP contribution in [0, 0.1) is 0 Å². The van der Waals surface area contributed by atoms with Gasteiger partial charge in [0.1, 0.15) is 0 Å². The third-order valence-corrected chi connectivity index (χ3v) is 3.63. The molecule has 1 aliphatic heterocycles. The van der Waals surface area contributed by atoms with E-state index >= 15 is 0 Å². The molecule has 1 aromatic carbocycles. The van der Waals surface area contributed by atoms with Crippen molar-refractivity contribution in [2.45, 2.75) is 6.54 Å². The van der Waals surface area contributed by atoms with Crippen LogP contribution in [0.4, 0.5) is 0 Å².